The topological polar surface area (TPSA) is 63.7 Å². The van der Waals surface area contributed by atoms with E-state index in [-0.39, 0.29) is 10.7 Å². The second kappa shape index (κ2) is 6.55. The van der Waals surface area contributed by atoms with Crippen LogP contribution >= 0.6 is 0 Å². The molecule has 2 aromatic heterocycles. The molecule has 1 aliphatic rings. The minimum atomic E-state index is -0.318. The molecule has 3 heterocycles. The third-order valence-electron chi connectivity index (χ3n) is 4.92. The summed E-state index contributed by atoms with van der Waals surface area (Å²) in [5.41, 5.74) is 1.93. The summed E-state index contributed by atoms with van der Waals surface area (Å²) < 4.78 is 1.57. The number of anilines is 1. The largest absolute Gasteiger partial charge is 0.372 e. The van der Waals surface area contributed by atoms with Gasteiger partial charge in [-0.3, -0.25) is 0 Å². The number of aryl methyl sites for hydroxylation is 1. The third-order valence-corrected chi connectivity index (χ3v) is 4.92. The first kappa shape index (κ1) is 15.6. The summed E-state index contributed by atoms with van der Waals surface area (Å²) in [5, 5.41) is 11.7. The van der Waals surface area contributed by atoms with Crippen molar-refractivity contribution in [3.8, 4) is 0 Å². The second-order valence-corrected chi connectivity index (χ2v) is 6.46. The van der Waals surface area contributed by atoms with Gasteiger partial charge in [0.25, 0.3) is 0 Å². The van der Waals surface area contributed by atoms with E-state index in [1.54, 1.807) is 16.7 Å². The van der Waals surface area contributed by atoms with Crippen molar-refractivity contribution >= 4 is 17.3 Å². The van der Waals surface area contributed by atoms with Gasteiger partial charge in [0.1, 0.15) is 0 Å². The Morgan fingerprint density at radius 3 is 2.76 bits per heavy atom. The second-order valence-electron chi connectivity index (χ2n) is 6.46. The van der Waals surface area contributed by atoms with Crippen LogP contribution in [0.4, 0.5) is 11.6 Å². The highest BCUT2D eigenvalue weighted by molar-refractivity contribution is 5.64. The van der Waals surface area contributed by atoms with Gasteiger partial charge in [-0.25, -0.2) is 0 Å². The van der Waals surface area contributed by atoms with Gasteiger partial charge in [0, 0.05) is 18.7 Å². The highest BCUT2D eigenvalue weighted by Crippen LogP contribution is 2.35. The van der Waals surface area contributed by atoms with Crippen molar-refractivity contribution < 1.29 is 4.92 Å². The van der Waals surface area contributed by atoms with E-state index in [0.717, 1.165) is 32.2 Å². The Hall–Kier alpha value is -2.89. The summed E-state index contributed by atoms with van der Waals surface area (Å²) in [4.78, 5) is 18.0. The Morgan fingerprint density at radius 2 is 1.96 bits per heavy atom. The predicted octanol–water partition coefficient (Wildman–Crippen LogP) is 3.84. The molecule has 1 aliphatic heterocycles. The van der Waals surface area contributed by atoms with Crippen LogP contribution in [0.5, 0.6) is 0 Å². The first-order valence-electron chi connectivity index (χ1n) is 8.66. The average molecular weight is 336 g/mol. The maximum Gasteiger partial charge on any atom is 0.372 e. The van der Waals surface area contributed by atoms with Crippen LogP contribution in [0.25, 0.3) is 5.65 Å². The number of benzene rings is 1. The highest BCUT2D eigenvalue weighted by Gasteiger charge is 2.33. The van der Waals surface area contributed by atoms with Gasteiger partial charge in [-0.05, 0) is 42.2 Å². The van der Waals surface area contributed by atoms with Gasteiger partial charge in [0.2, 0.25) is 11.5 Å². The first-order chi connectivity index (χ1) is 12.2. The normalized spacial score (nSPS) is 17.3. The number of imidazole rings is 1. The Bertz CT molecular complexity index is 891. The maximum absolute atomic E-state index is 11.7. The zero-order chi connectivity index (χ0) is 17.2. The molecule has 0 saturated carbocycles. The molecule has 1 aromatic carbocycles. The third kappa shape index (κ3) is 2.95. The lowest BCUT2D eigenvalue weighted by atomic mass is 10.0. The Morgan fingerprint density at radius 1 is 1.16 bits per heavy atom. The molecule has 0 spiro atoms. The van der Waals surface area contributed by atoms with Crippen LogP contribution in [0.1, 0.15) is 24.8 Å². The average Bonchev–Trinajstić information content (AvgIpc) is 3.24. The standard InChI is InChI=1S/C19H20N4O2/c24-23(25)19-18(20-17-10-4-5-13-22(17)19)21-14-6-9-16(21)12-11-15-7-2-1-3-8-15/h1-5,7-8,10,13,16H,6,9,11-12,14H2. The van der Waals surface area contributed by atoms with Gasteiger partial charge < -0.3 is 15.0 Å². The SMILES string of the molecule is O=[N+]([O-])c1c(N2CCCC2CCc2ccccc2)nc2ccccn12. The molecule has 6 heteroatoms. The molecule has 25 heavy (non-hydrogen) atoms. The van der Waals surface area contributed by atoms with Crippen LogP contribution in [0.3, 0.4) is 0 Å². The molecule has 4 rings (SSSR count). The van der Waals surface area contributed by atoms with E-state index in [2.05, 4.69) is 34.1 Å². The Kier molecular flexibility index (Phi) is 4.09. The molecule has 1 fully saturated rings. The van der Waals surface area contributed by atoms with Crippen molar-refractivity contribution in [1.29, 1.82) is 0 Å². The van der Waals surface area contributed by atoms with Crippen LogP contribution in [-0.2, 0) is 6.42 Å². The number of nitrogens with zero attached hydrogens (tertiary/aromatic N) is 4. The molecule has 0 aliphatic carbocycles. The molecular formula is C19H20N4O2. The number of rotatable bonds is 5. The number of aromatic nitrogens is 2. The fraction of sp³-hybridized carbons (Fsp3) is 0.316. The van der Waals surface area contributed by atoms with E-state index in [1.807, 2.05) is 18.2 Å². The van der Waals surface area contributed by atoms with Gasteiger partial charge in [0.05, 0.1) is 6.20 Å². The van der Waals surface area contributed by atoms with Crippen LogP contribution in [0, 0.1) is 10.1 Å². The smallest absolute Gasteiger partial charge is 0.358 e. The zero-order valence-electron chi connectivity index (χ0n) is 13.9. The van der Waals surface area contributed by atoms with E-state index in [0.29, 0.717) is 17.5 Å². The number of pyridine rings is 1. The molecule has 0 radical (unpaired) electrons. The molecule has 6 nitrogen and oxygen atoms in total. The molecular weight excluding hydrogens is 316 g/mol. The lowest BCUT2D eigenvalue weighted by molar-refractivity contribution is -0.389. The lowest BCUT2D eigenvalue weighted by Gasteiger charge is -2.24. The summed E-state index contributed by atoms with van der Waals surface area (Å²) >= 11 is 0. The van der Waals surface area contributed by atoms with E-state index in [4.69, 9.17) is 0 Å². The van der Waals surface area contributed by atoms with Crippen molar-refractivity contribution in [2.45, 2.75) is 31.7 Å². The van der Waals surface area contributed by atoms with Crippen LogP contribution in [0.2, 0.25) is 0 Å². The molecule has 0 N–H and O–H groups in total. The van der Waals surface area contributed by atoms with Gasteiger partial charge in [0.15, 0.2) is 0 Å². The van der Waals surface area contributed by atoms with E-state index < -0.39 is 0 Å². The molecule has 128 valence electrons. The number of fused-ring (bicyclic) bond motifs is 1. The zero-order valence-corrected chi connectivity index (χ0v) is 13.9. The molecule has 1 atom stereocenters. The summed E-state index contributed by atoms with van der Waals surface area (Å²) in [6.07, 6.45) is 5.76. The molecule has 1 unspecified atom stereocenters. The minimum absolute atomic E-state index is 0.0715. The van der Waals surface area contributed by atoms with E-state index in [9.17, 15) is 10.1 Å². The van der Waals surface area contributed by atoms with Crippen molar-refractivity contribution in [3.63, 3.8) is 0 Å². The van der Waals surface area contributed by atoms with Gasteiger partial charge in [-0.1, -0.05) is 36.4 Å². The van der Waals surface area contributed by atoms with Crippen molar-refractivity contribution in [2.24, 2.45) is 0 Å². The van der Waals surface area contributed by atoms with Crippen molar-refractivity contribution in [1.82, 2.24) is 9.38 Å². The Labute approximate surface area is 145 Å². The van der Waals surface area contributed by atoms with Crippen LogP contribution in [0.15, 0.2) is 54.7 Å². The number of hydrogen-bond donors (Lipinski definition) is 0. The van der Waals surface area contributed by atoms with Crippen LogP contribution in [-0.4, -0.2) is 26.9 Å². The first-order valence-corrected chi connectivity index (χ1v) is 8.66. The van der Waals surface area contributed by atoms with E-state index in [1.165, 1.54) is 5.56 Å². The quantitative estimate of drug-likeness (QED) is 0.524. The molecule has 0 amide bonds. The lowest BCUT2D eigenvalue weighted by Crippen LogP contribution is -2.30. The Balaban J connectivity index is 1.63. The summed E-state index contributed by atoms with van der Waals surface area (Å²) in [7, 11) is 0. The van der Waals surface area contributed by atoms with Crippen molar-refractivity contribution in [2.75, 3.05) is 11.4 Å². The fourth-order valence-electron chi connectivity index (χ4n) is 3.73. The van der Waals surface area contributed by atoms with Crippen molar-refractivity contribution in [3.05, 3.63) is 70.4 Å². The van der Waals surface area contributed by atoms with Gasteiger partial charge in [-0.2, -0.15) is 9.38 Å². The van der Waals surface area contributed by atoms with Gasteiger partial charge >= 0.3 is 5.82 Å². The predicted molar refractivity (Wildman–Crippen MR) is 97.0 cm³/mol. The molecule has 1 saturated heterocycles. The number of hydrogen-bond acceptors (Lipinski definition) is 4. The maximum atomic E-state index is 11.7. The molecule has 3 aromatic rings. The monoisotopic (exact) mass is 336 g/mol. The van der Waals surface area contributed by atoms with Crippen LogP contribution < -0.4 is 4.90 Å². The van der Waals surface area contributed by atoms with E-state index >= 15 is 0 Å². The highest BCUT2D eigenvalue weighted by atomic mass is 16.6. The minimum Gasteiger partial charge on any atom is -0.358 e. The van der Waals surface area contributed by atoms with Gasteiger partial charge in [-0.15, -0.1) is 0 Å². The molecule has 0 bridgehead atoms. The number of nitro groups is 1. The summed E-state index contributed by atoms with van der Waals surface area (Å²) in [6.45, 7) is 0.824. The summed E-state index contributed by atoms with van der Waals surface area (Å²) in [6, 6.07) is 16.1. The summed E-state index contributed by atoms with van der Waals surface area (Å²) in [5.74, 6) is 0.578. The fourth-order valence-corrected chi connectivity index (χ4v) is 3.73.